The number of anilines is 2. The van der Waals surface area contributed by atoms with Gasteiger partial charge < -0.3 is 19.7 Å². The lowest BCUT2D eigenvalue weighted by Crippen LogP contribution is -2.28. The maximum absolute atomic E-state index is 12.8. The fourth-order valence-corrected chi connectivity index (χ4v) is 3.58. The Balaban J connectivity index is 1.79. The van der Waals surface area contributed by atoms with Crippen LogP contribution in [0.25, 0.3) is 0 Å². The molecule has 2 amide bonds. The van der Waals surface area contributed by atoms with Gasteiger partial charge in [-0.25, -0.2) is 0 Å². The van der Waals surface area contributed by atoms with E-state index in [9.17, 15) is 9.59 Å². The topological polar surface area (TPSA) is 67.9 Å². The molecular formula is C21H23ClN2O4. The lowest BCUT2D eigenvalue weighted by molar-refractivity contribution is -0.122. The van der Waals surface area contributed by atoms with E-state index >= 15 is 0 Å². The number of ether oxygens (including phenoxy) is 2. The monoisotopic (exact) mass is 402 g/mol. The van der Waals surface area contributed by atoms with Gasteiger partial charge >= 0.3 is 0 Å². The van der Waals surface area contributed by atoms with Crippen LogP contribution in [0.3, 0.4) is 0 Å². The molecule has 1 atom stereocenters. The van der Waals surface area contributed by atoms with E-state index in [-0.39, 0.29) is 18.2 Å². The summed E-state index contributed by atoms with van der Waals surface area (Å²) in [5, 5.41) is 3.19. The molecule has 2 aromatic rings. The molecule has 0 unspecified atom stereocenters. The number of aryl methyl sites for hydroxylation is 1. The van der Waals surface area contributed by atoms with Crippen molar-refractivity contribution in [2.24, 2.45) is 5.92 Å². The standard InChI is InChI=1S/C21H23ClN2O4/c1-12-6-5-7-17(13(12)2)24-11-14(8-20(24)25)21(26)23-16-9-15(22)18(27-3)10-19(16)28-4/h5-7,9-10,14H,8,11H2,1-4H3,(H,23,26)/t14-/m1/s1. The predicted molar refractivity (Wildman–Crippen MR) is 110 cm³/mol. The molecule has 0 saturated carbocycles. The van der Waals surface area contributed by atoms with Gasteiger partial charge in [-0.15, -0.1) is 0 Å². The zero-order chi connectivity index (χ0) is 20.4. The predicted octanol–water partition coefficient (Wildman–Crippen LogP) is 3.97. The molecule has 148 valence electrons. The van der Waals surface area contributed by atoms with Gasteiger partial charge in [0.15, 0.2) is 0 Å². The van der Waals surface area contributed by atoms with Crippen LogP contribution in [0.4, 0.5) is 11.4 Å². The summed E-state index contributed by atoms with van der Waals surface area (Å²) in [5.41, 5.74) is 3.44. The summed E-state index contributed by atoms with van der Waals surface area (Å²) < 4.78 is 10.5. The van der Waals surface area contributed by atoms with Crippen molar-refractivity contribution in [3.63, 3.8) is 0 Å². The van der Waals surface area contributed by atoms with E-state index in [1.807, 2.05) is 32.0 Å². The summed E-state index contributed by atoms with van der Waals surface area (Å²) in [7, 11) is 3.00. The molecular weight excluding hydrogens is 380 g/mol. The summed E-state index contributed by atoms with van der Waals surface area (Å²) in [6.45, 7) is 4.32. The smallest absolute Gasteiger partial charge is 0.229 e. The largest absolute Gasteiger partial charge is 0.495 e. The average molecular weight is 403 g/mol. The van der Waals surface area contributed by atoms with Crippen LogP contribution in [-0.2, 0) is 9.59 Å². The zero-order valence-corrected chi connectivity index (χ0v) is 17.1. The van der Waals surface area contributed by atoms with Crippen LogP contribution in [0.1, 0.15) is 17.5 Å². The van der Waals surface area contributed by atoms with Crippen molar-refractivity contribution < 1.29 is 19.1 Å². The van der Waals surface area contributed by atoms with E-state index in [2.05, 4.69) is 5.32 Å². The summed E-state index contributed by atoms with van der Waals surface area (Å²) >= 11 is 6.17. The molecule has 1 fully saturated rings. The number of hydrogen-bond donors (Lipinski definition) is 1. The Labute approximate surface area is 169 Å². The van der Waals surface area contributed by atoms with E-state index in [1.54, 1.807) is 17.0 Å². The Morgan fingerprint density at radius 1 is 1.18 bits per heavy atom. The van der Waals surface area contributed by atoms with Gasteiger partial charge in [-0.1, -0.05) is 23.7 Å². The fourth-order valence-electron chi connectivity index (χ4n) is 3.34. The first kappa shape index (κ1) is 20.0. The molecule has 1 heterocycles. The van der Waals surface area contributed by atoms with Crippen LogP contribution in [-0.4, -0.2) is 32.6 Å². The molecule has 28 heavy (non-hydrogen) atoms. The van der Waals surface area contributed by atoms with Crippen molar-refractivity contribution in [1.82, 2.24) is 0 Å². The van der Waals surface area contributed by atoms with Gasteiger partial charge in [0.2, 0.25) is 11.8 Å². The van der Waals surface area contributed by atoms with E-state index in [0.717, 1.165) is 16.8 Å². The molecule has 1 aliphatic heterocycles. The quantitative estimate of drug-likeness (QED) is 0.821. The number of carbonyl (C=O) groups excluding carboxylic acids is 2. The van der Waals surface area contributed by atoms with Gasteiger partial charge in [-0.2, -0.15) is 0 Å². The first-order valence-electron chi connectivity index (χ1n) is 8.94. The Morgan fingerprint density at radius 2 is 1.89 bits per heavy atom. The van der Waals surface area contributed by atoms with E-state index in [0.29, 0.717) is 28.8 Å². The molecule has 0 spiro atoms. The molecule has 1 N–H and O–H groups in total. The number of rotatable bonds is 5. The van der Waals surface area contributed by atoms with Gasteiger partial charge in [0, 0.05) is 24.7 Å². The second kappa shape index (κ2) is 8.10. The number of nitrogens with zero attached hydrogens (tertiary/aromatic N) is 1. The average Bonchev–Trinajstić information content (AvgIpc) is 3.06. The third-order valence-corrected chi connectivity index (χ3v) is 5.39. The van der Waals surface area contributed by atoms with Crippen molar-refractivity contribution in [3.05, 3.63) is 46.5 Å². The van der Waals surface area contributed by atoms with Gasteiger partial charge in [-0.3, -0.25) is 9.59 Å². The number of nitrogens with one attached hydrogen (secondary N) is 1. The van der Waals surface area contributed by atoms with Gasteiger partial charge in [0.1, 0.15) is 11.5 Å². The number of benzene rings is 2. The number of halogens is 1. The second-order valence-electron chi connectivity index (χ2n) is 6.80. The third-order valence-electron chi connectivity index (χ3n) is 5.09. The molecule has 3 rings (SSSR count). The first-order chi connectivity index (χ1) is 13.3. The van der Waals surface area contributed by atoms with Crippen molar-refractivity contribution in [2.45, 2.75) is 20.3 Å². The summed E-state index contributed by atoms with van der Waals surface area (Å²) in [5.74, 6) is 0.117. The van der Waals surface area contributed by atoms with Gasteiger partial charge in [0.25, 0.3) is 0 Å². The van der Waals surface area contributed by atoms with E-state index in [1.165, 1.54) is 14.2 Å². The Morgan fingerprint density at radius 3 is 2.57 bits per heavy atom. The first-order valence-corrected chi connectivity index (χ1v) is 9.32. The molecule has 0 radical (unpaired) electrons. The highest BCUT2D eigenvalue weighted by atomic mass is 35.5. The highest BCUT2D eigenvalue weighted by molar-refractivity contribution is 6.32. The maximum atomic E-state index is 12.8. The number of carbonyl (C=O) groups is 2. The molecule has 1 aliphatic rings. The van der Waals surface area contributed by atoms with E-state index < -0.39 is 5.92 Å². The number of hydrogen-bond acceptors (Lipinski definition) is 4. The zero-order valence-electron chi connectivity index (χ0n) is 16.3. The fraction of sp³-hybridized carbons (Fsp3) is 0.333. The second-order valence-corrected chi connectivity index (χ2v) is 7.21. The van der Waals surface area contributed by atoms with Crippen LogP contribution >= 0.6 is 11.6 Å². The van der Waals surface area contributed by atoms with Crippen LogP contribution in [0.2, 0.25) is 5.02 Å². The third kappa shape index (κ3) is 3.78. The van der Waals surface area contributed by atoms with Gasteiger partial charge in [0.05, 0.1) is 30.8 Å². The van der Waals surface area contributed by atoms with Crippen molar-refractivity contribution >= 4 is 34.8 Å². The Bertz CT molecular complexity index is 929. The normalized spacial score (nSPS) is 16.2. The minimum Gasteiger partial charge on any atom is -0.495 e. The van der Waals surface area contributed by atoms with Crippen molar-refractivity contribution in [2.75, 3.05) is 31.0 Å². The number of methoxy groups -OCH3 is 2. The molecule has 1 saturated heterocycles. The maximum Gasteiger partial charge on any atom is 0.229 e. The Hall–Kier alpha value is -2.73. The molecule has 0 aliphatic carbocycles. The van der Waals surface area contributed by atoms with Crippen LogP contribution < -0.4 is 19.7 Å². The SMILES string of the molecule is COc1cc(OC)c(NC(=O)[C@@H]2CC(=O)N(c3cccc(C)c3C)C2)cc1Cl. The van der Waals surface area contributed by atoms with Crippen LogP contribution in [0.15, 0.2) is 30.3 Å². The van der Waals surface area contributed by atoms with Crippen molar-refractivity contribution in [1.29, 1.82) is 0 Å². The van der Waals surface area contributed by atoms with E-state index in [4.69, 9.17) is 21.1 Å². The minimum atomic E-state index is -0.460. The lowest BCUT2D eigenvalue weighted by atomic mass is 10.1. The molecule has 2 aromatic carbocycles. The summed E-state index contributed by atoms with van der Waals surface area (Å²) in [4.78, 5) is 27.0. The molecule has 0 bridgehead atoms. The highest BCUT2D eigenvalue weighted by Crippen LogP contribution is 2.37. The Kier molecular flexibility index (Phi) is 5.79. The van der Waals surface area contributed by atoms with Crippen LogP contribution in [0.5, 0.6) is 11.5 Å². The highest BCUT2D eigenvalue weighted by Gasteiger charge is 2.36. The molecule has 6 nitrogen and oxygen atoms in total. The summed E-state index contributed by atoms with van der Waals surface area (Å²) in [6, 6.07) is 9.02. The van der Waals surface area contributed by atoms with Crippen LogP contribution in [0, 0.1) is 19.8 Å². The molecule has 0 aromatic heterocycles. The minimum absolute atomic E-state index is 0.0615. The summed E-state index contributed by atoms with van der Waals surface area (Å²) in [6.07, 6.45) is 0.158. The van der Waals surface area contributed by atoms with Gasteiger partial charge in [-0.05, 0) is 37.1 Å². The number of amides is 2. The lowest BCUT2D eigenvalue weighted by Gasteiger charge is -2.20. The molecule has 7 heteroatoms. The van der Waals surface area contributed by atoms with Crippen molar-refractivity contribution in [3.8, 4) is 11.5 Å².